The van der Waals surface area contributed by atoms with E-state index in [0.29, 0.717) is 52.3 Å². The molecule has 4 heterocycles. The fourth-order valence-corrected chi connectivity index (χ4v) is 6.80. The summed E-state index contributed by atoms with van der Waals surface area (Å²) in [6, 6.07) is 9.35. The third-order valence-electron chi connectivity index (χ3n) is 6.39. The molecule has 1 unspecified atom stereocenters. The van der Waals surface area contributed by atoms with Crippen molar-refractivity contribution in [2.75, 3.05) is 5.75 Å². The van der Waals surface area contributed by atoms with Gasteiger partial charge in [0.15, 0.2) is 15.7 Å². The summed E-state index contributed by atoms with van der Waals surface area (Å²) < 4.78 is 28.0. The molecule has 0 spiro atoms. The Labute approximate surface area is 193 Å². The van der Waals surface area contributed by atoms with Crippen LogP contribution in [0.25, 0.3) is 11.4 Å². The van der Waals surface area contributed by atoms with Crippen LogP contribution in [0.15, 0.2) is 47.6 Å². The normalized spacial score (nSPS) is 19.8. The van der Waals surface area contributed by atoms with E-state index in [4.69, 9.17) is 16.6 Å². The van der Waals surface area contributed by atoms with E-state index in [2.05, 4.69) is 15.7 Å². The van der Waals surface area contributed by atoms with E-state index in [1.54, 1.807) is 12.1 Å². The number of benzene rings is 1. The minimum Gasteiger partial charge on any atom is -0.450 e. The zero-order valence-electron chi connectivity index (χ0n) is 17.7. The van der Waals surface area contributed by atoms with Crippen LogP contribution in [0.2, 0.25) is 17.7 Å². The highest BCUT2D eigenvalue weighted by Crippen LogP contribution is 2.31. The highest BCUT2D eigenvalue weighted by atomic mass is 35.5. The molecule has 6 nitrogen and oxygen atoms in total. The molecule has 32 heavy (non-hydrogen) atoms. The summed E-state index contributed by atoms with van der Waals surface area (Å²) in [5.74, 6) is 1.13. The molecule has 1 fully saturated rings. The quantitative estimate of drug-likeness (QED) is 0.573. The van der Waals surface area contributed by atoms with Crippen molar-refractivity contribution in [3.05, 3.63) is 64.7 Å². The Hall–Kier alpha value is -2.16. The van der Waals surface area contributed by atoms with E-state index in [1.807, 2.05) is 24.4 Å². The molecule has 2 aliphatic heterocycles. The first kappa shape index (κ1) is 21.7. The van der Waals surface area contributed by atoms with Gasteiger partial charge >= 0.3 is 0 Å². The number of nitrogens with zero attached hydrogens (tertiary/aromatic N) is 3. The number of halogens is 1. The summed E-state index contributed by atoms with van der Waals surface area (Å²) in [5, 5.41) is 10.4. The Kier molecular flexibility index (Phi) is 5.86. The Morgan fingerprint density at radius 1 is 1.25 bits per heavy atom. The van der Waals surface area contributed by atoms with Gasteiger partial charge in [-0.15, -0.1) is 0 Å². The first-order chi connectivity index (χ1) is 15.4. The van der Waals surface area contributed by atoms with Crippen LogP contribution in [0.5, 0.6) is 0 Å². The van der Waals surface area contributed by atoms with Crippen molar-refractivity contribution in [3.63, 3.8) is 0 Å². The summed E-state index contributed by atoms with van der Waals surface area (Å²) >= 11 is 6.16. The minimum atomic E-state index is -3.40. The Morgan fingerprint density at radius 2 is 2.12 bits per heavy atom. The van der Waals surface area contributed by atoms with Crippen molar-refractivity contribution in [1.82, 2.24) is 14.5 Å². The predicted octanol–water partition coefficient (Wildman–Crippen LogP) is 3.91. The van der Waals surface area contributed by atoms with Crippen LogP contribution in [0.3, 0.4) is 0 Å². The third kappa shape index (κ3) is 4.49. The molecule has 0 aliphatic carbocycles. The smallest absolute Gasteiger partial charge is 0.289 e. The van der Waals surface area contributed by atoms with Crippen molar-refractivity contribution >= 4 is 28.4 Å². The van der Waals surface area contributed by atoms with Gasteiger partial charge < -0.3 is 9.59 Å². The fraction of sp³-hybridized carbons (Fsp3) is 0.391. The lowest BCUT2D eigenvalue weighted by atomic mass is 9.66. The number of aryl methyl sites for hydroxylation is 1. The number of hydrogen-bond acceptors (Lipinski definition) is 5. The molecule has 0 amide bonds. The topological polar surface area (TPSA) is 85.1 Å². The molecule has 2 aromatic heterocycles. The molecule has 0 saturated carbocycles. The predicted molar refractivity (Wildman–Crippen MR) is 126 cm³/mol. The van der Waals surface area contributed by atoms with E-state index in [-0.39, 0.29) is 12.7 Å². The lowest BCUT2D eigenvalue weighted by molar-refractivity contribution is 0.483. The van der Waals surface area contributed by atoms with Crippen LogP contribution in [0, 0.1) is 5.92 Å². The highest BCUT2D eigenvalue weighted by molar-refractivity contribution is 7.91. The second kappa shape index (κ2) is 8.65. The van der Waals surface area contributed by atoms with E-state index in [1.165, 1.54) is 0 Å². The molecular weight excluding hydrogens is 445 g/mol. The van der Waals surface area contributed by atoms with Gasteiger partial charge in [-0.25, -0.2) is 18.4 Å². The van der Waals surface area contributed by atoms with Crippen LogP contribution in [-0.4, -0.2) is 40.6 Å². The van der Waals surface area contributed by atoms with Gasteiger partial charge in [0, 0.05) is 35.9 Å². The van der Waals surface area contributed by atoms with Gasteiger partial charge in [-0.05, 0) is 55.2 Å². The van der Waals surface area contributed by atoms with Crippen molar-refractivity contribution in [3.8, 4) is 11.4 Å². The van der Waals surface area contributed by atoms with Gasteiger partial charge in [0.1, 0.15) is 4.90 Å². The summed E-state index contributed by atoms with van der Waals surface area (Å²) in [6.45, 7) is 0.683. The van der Waals surface area contributed by atoms with E-state index in [9.17, 15) is 13.4 Å². The van der Waals surface area contributed by atoms with Gasteiger partial charge in [-0.1, -0.05) is 30.2 Å². The second-order valence-corrected chi connectivity index (χ2v) is 11.4. The van der Waals surface area contributed by atoms with Crippen molar-refractivity contribution in [2.45, 2.75) is 49.8 Å². The molecule has 2 aliphatic rings. The average Bonchev–Trinajstić information content (AvgIpc) is 3.36. The van der Waals surface area contributed by atoms with Gasteiger partial charge in [0.2, 0.25) is 0 Å². The number of hydrogen-bond donors (Lipinski definition) is 1. The van der Waals surface area contributed by atoms with E-state index >= 15 is 0 Å². The summed E-state index contributed by atoms with van der Waals surface area (Å²) in [7, 11) is -3.40. The van der Waals surface area contributed by atoms with Crippen LogP contribution < -0.4 is 0 Å². The van der Waals surface area contributed by atoms with E-state index < -0.39 is 9.84 Å². The summed E-state index contributed by atoms with van der Waals surface area (Å²) in [4.78, 5) is 9.65. The number of sulfone groups is 1. The van der Waals surface area contributed by atoms with E-state index in [0.717, 1.165) is 36.7 Å². The van der Waals surface area contributed by atoms with Crippen LogP contribution in [0.4, 0.5) is 0 Å². The maximum absolute atomic E-state index is 12.9. The van der Waals surface area contributed by atoms with Crippen LogP contribution in [0.1, 0.15) is 29.8 Å². The molecule has 1 atom stereocenters. The molecule has 1 N–H and O–H groups in total. The molecular formula is C23H25BClN3O3S. The standard InChI is InChI=1S/C23H25BClN3O3S/c25-19-4-1-3-18(12-19)23-26-20-5-2-10-32(30,31)22(20)21(27-23)11-16-7-9-28(14-16)15-17-6-8-24(29)13-17/h1,3-4,7,9,12,14,17,29H,2,5-6,8,10-11,13,15H2. The van der Waals surface area contributed by atoms with Gasteiger partial charge in [0.05, 0.1) is 17.1 Å². The molecule has 5 rings (SSSR count). The Balaban J connectivity index is 1.49. The minimum absolute atomic E-state index is 0.137. The maximum Gasteiger partial charge on any atom is 0.289 e. The lowest BCUT2D eigenvalue weighted by Gasteiger charge is -2.19. The number of fused-ring (bicyclic) bond motifs is 1. The maximum atomic E-state index is 12.9. The molecule has 0 radical (unpaired) electrons. The van der Waals surface area contributed by atoms with Gasteiger partial charge in [-0.3, -0.25) is 0 Å². The molecule has 0 bridgehead atoms. The van der Waals surface area contributed by atoms with Crippen LogP contribution in [-0.2, 0) is 29.2 Å². The van der Waals surface area contributed by atoms with Crippen LogP contribution >= 0.6 is 11.6 Å². The summed E-state index contributed by atoms with van der Waals surface area (Å²) in [5.41, 5.74) is 2.96. The van der Waals surface area contributed by atoms with Gasteiger partial charge in [0.25, 0.3) is 6.92 Å². The molecule has 3 aromatic rings. The van der Waals surface area contributed by atoms with Crippen molar-refractivity contribution in [1.29, 1.82) is 0 Å². The first-order valence-electron chi connectivity index (χ1n) is 11.1. The summed E-state index contributed by atoms with van der Waals surface area (Å²) in [6.07, 6.45) is 8.47. The van der Waals surface area contributed by atoms with Crippen molar-refractivity contribution < 1.29 is 13.4 Å². The number of rotatable bonds is 5. The second-order valence-electron chi connectivity index (χ2n) is 8.93. The molecule has 9 heteroatoms. The first-order valence-corrected chi connectivity index (χ1v) is 13.1. The third-order valence-corrected chi connectivity index (χ3v) is 8.55. The fourth-order valence-electron chi connectivity index (χ4n) is 4.90. The average molecular weight is 470 g/mol. The molecule has 1 saturated heterocycles. The van der Waals surface area contributed by atoms with Gasteiger partial charge in [-0.2, -0.15) is 0 Å². The Bertz CT molecular complexity index is 1260. The lowest BCUT2D eigenvalue weighted by Crippen LogP contribution is -2.21. The SMILES string of the molecule is O=S1(=O)CCCc2nc(-c3cccc(Cl)c3)nc(Cc3ccn(CC4CCB(O)C4)c3)c21. The zero-order valence-corrected chi connectivity index (χ0v) is 19.3. The molecule has 1 aromatic carbocycles. The number of aromatic nitrogens is 3. The highest BCUT2D eigenvalue weighted by Gasteiger charge is 2.30. The zero-order chi connectivity index (χ0) is 22.3. The van der Waals surface area contributed by atoms with Crippen molar-refractivity contribution in [2.24, 2.45) is 5.92 Å². The largest absolute Gasteiger partial charge is 0.450 e. The Morgan fingerprint density at radius 3 is 2.91 bits per heavy atom. The monoisotopic (exact) mass is 469 g/mol. The molecule has 166 valence electrons.